The van der Waals surface area contributed by atoms with Gasteiger partial charge in [-0.2, -0.15) is 4.98 Å². The van der Waals surface area contributed by atoms with Crippen molar-refractivity contribution in [3.05, 3.63) is 12.2 Å². The molecular formula is C6H12N4O3S. The molecule has 0 bridgehead atoms. The van der Waals surface area contributed by atoms with Crippen LogP contribution >= 0.6 is 0 Å². The number of nitrogens with zero attached hydrogens (tertiary/aromatic N) is 2. The lowest BCUT2D eigenvalue weighted by atomic mass is 10.5. The predicted molar refractivity (Wildman–Crippen MR) is 48.6 cm³/mol. The number of hydrogen-bond donors (Lipinski definition) is 2. The van der Waals surface area contributed by atoms with E-state index in [1.165, 1.54) is 0 Å². The molecule has 0 unspecified atom stereocenters. The summed E-state index contributed by atoms with van der Waals surface area (Å²) in [5.74, 6) is 0.322. The molecule has 0 atom stereocenters. The van der Waals surface area contributed by atoms with Gasteiger partial charge in [0.1, 0.15) is 0 Å². The summed E-state index contributed by atoms with van der Waals surface area (Å²) in [4.78, 5) is 3.67. The first kappa shape index (κ1) is 11.1. The zero-order valence-corrected chi connectivity index (χ0v) is 8.33. The molecule has 0 saturated carbocycles. The fourth-order valence-corrected chi connectivity index (χ4v) is 1.83. The Hall–Kier alpha value is -0.990. The Morgan fingerprint density at radius 3 is 2.93 bits per heavy atom. The summed E-state index contributed by atoms with van der Waals surface area (Å²) < 4.78 is 29.2. The van der Waals surface area contributed by atoms with E-state index in [9.17, 15) is 8.42 Å². The number of nitrogens with two attached hydrogens (primary N) is 1. The zero-order valence-electron chi connectivity index (χ0n) is 7.51. The normalized spacial score (nSPS) is 11.8. The standard InChI is InChI=1S/C6H12N4O3S/c7-2-1-3-14(11,12)9-4-6-8-5-13-10-6/h5,9H,1-4,7H2. The average molecular weight is 220 g/mol. The molecule has 1 aromatic rings. The van der Waals surface area contributed by atoms with Crippen molar-refractivity contribution in [1.82, 2.24) is 14.9 Å². The summed E-state index contributed by atoms with van der Waals surface area (Å²) >= 11 is 0. The predicted octanol–water partition coefficient (Wildman–Crippen LogP) is -1.16. The lowest BCUT2D eigenvalue weighted by molar-refractivity contribution is 0.409. The lowest BCUT2D eigenvalue weighted by Gasteiger charge is -2.02. The monoisotopic (exact) mass is 220 g/mol. The van der Waals surface area contributed by atoms with Crippen LogP contribution in [0.1, 0.15) is 12.2 Å². The minimum Gasteiger partial charge on any atom is -0.343 e. The summed E-state index contributed by atoms with van der Waals surface area (Å²) in [7, 11) is -3.27. The molecular weight excluding hydrogens is 208 g/mol. The third-order valence-corrected chi connectivity index (χ3v) is 2.88. The van der Waals surface area contributed by atoms with Crippen LogP contribution in [0.3, 0.4) is 0 Å². The summed E-state index contributed by atoms with van der Waals surface area (Å²) in [6.45, 7) is 0.395. The molecule has 3 N–H and O–H groups in total. The van der Waals surface area contributed by atoms with Crippen LogP contribution in [0.25, 0.3) is 0 Å². The van der Waals surface area contributed by atoms with E-state index in [4.69, 9.17) is 5.73 Å². The number of sulfonamides is 1. The maximum absolute atomic E-state index is 11.2. The first-order valence-electron chi connectivity index (χ1n) is 4.07. The Balaban J connectivity index is 2.37. The number of hydrogen-bond acceptors (Lipinski definition) is 6. The average Bonchev–Trinajstić information content (AvgIpc) is 2.64. The van der Waals surface area contributed by atoms with Crippen LogP contribution in [0.2, 0.25) is 0 Å². The summed E-state index contributed by atoms with van der Waals surface area (Å²) in [5, 5.41) is 3.46. The van der Waals surface area contributed by atoms with Crippen molar-refractivity contribution >= 4 is 10.0 Å². The minimum absolute atomic E-state index is 0.0152. The van der Waals surface area contributed by atoms with Crippen LogP contribution in [0, 0.1) is 0 Å². The van der Waals surface area contributed by atoms with Crippen LogP contribution in [-0.4, -0.2) is 30.9 Å². The number of aromatic nitrogens is 2. The van der Waals surface area contributed by atoms with Crippen molar-refractivity contribution in [3.8, 4) is 0 Å². The van der Waals surface area contributed by atoms with Gasteiger partial charge in [0.25, 0.3) is 0 Å². The van der Waals surface area contributed by atoms with E-state index in [0.717, 1.165) is 6.39 Å². The summed E-state index contributed by atoms with van der Waals surface area (Å²) in [6, 6.07) is 0. The Bertz CT molecular complexity index is 347. The van der Waals surface area contributed by atoms with Gasteiger partial charge in [-0.05, 0) is 13.0 Å². The third kappa shape index (κ3) is 3.81. The molecule has 0 aliphatic heterocycles. The number of nitrogens with one attached hydrogen (secondary N) is 1. The molecule has 8 heteroatoms. The van der Waals surface area contributed by atoms with Gasteiger partial charge in [0.2, 0.25) is 16.4 Å². The molecule has 0 saturated heterocycles. The SMILES string of the molecule is NCCCS(=O)(=O)NCc1ncon1. The molecule has 1 rings (SSSR count). The van der Waals surface area contributed by atoms with Crippen molar-refractivity contribution in [2.45, 2.75) is 13.0 Å². The largest absolute Gasteiger partial charge is 0.343 e. The van der Waals surface area contributed by atoms with Crippen molar-refractivity contribution < 1.29 is 12.9 Å². The van der Waals surface area contributed by atoms with Gasteiger partial charge in [0.15, 0.2) is 5.82 Å². The quantitative estimate of drug-likeness (QED) is 0.625. The van der Waals surface area contributed by atoms with E-state index < -0.39 is 10.0 Å². The van der Waals surface area contributed by atoms with E-state index in [-0.39, 0.29) is 12.3 Å². The molecule has 0 fully saturated rings. The molecule has 0 aromatic carbocycles. The molecule has 0 aliphatic rings. The van der Waals surface area contributed by atoms with Crippen LogP contribution in [0.5, 0.6) is 0 Å². The Morgan fingerprint density at radius 2 is 2.36 bits per heavy atom. The van der Waals surface area contributed by atoms with Gasteiger partial charge in [-0.25, -0.2) is 13.1 Å². The van der Waals surface area contributed by atoms with Gasteiger partial charge in [-0.3, -0.25) is 0 Å². The van der Waals surface area contributed by atoms with Gasteiger partial charge in [-0.15, -0.1) is 0 Å². The molecule has 0 radical (unpaired) electrons. The Morgan fingerprint density at radius 1 is 1.57 bits per heavy atom. The fourth-order valence-electron chi connectivity index (χ4n) is 0.790. The van der Waals surface area contributed by atoms with E-state index in [1.807, 2.05) is 0 Å². The highest BCUT2D eigenvalue weighted by molar-refractivity contribution is 7.89. The van der Waals surface area contributed by atoms with Crippen LogP contribution in [-0.2, 0) is 16.6 Å². The first-order valence-corrected chi connectivity index (χ1v) is 5.72. The topological polar surface area (TPSA) is 111 Å². The van der Waals surface area contributed by atoms with Gasteiger partial charge in [0, 0.05) is 0 Å². The molecule has 1 heterocycles. The second kappa shape index (κ2) is 5.03. The lowest BCUT2D eigenvalue weighted by Crippen LogP contribution is -2.27. The summed E-state index contributed by atoms with van der Waals surface area (Å²) in [5.41, 5.74) is 5.19. The van der Waals surface area contributed by atoms with E-state index >= 15 is 0 Å². The Labute approximate surface area is 81.7 Å². The van der Waals surface area contributed by atoms with Crippen molar-refractivity contribution in [2.24, 2.45) is 5.73 Å². The molecule has 0 aliphatic carbocycles. The molecule has 80 valence electrons. The van der Waals surface area contributed by atoms with Crippen molar-refractivity contribution in [3.63, 3.8) is 0 Å². The zero-order chi connectivity index (χ0) is 10.4. The van der Waals surface area contributed by atoms with Gasteiger partial charge in [0.05, 0.1) is 12.3 Å². The second-order valence-corrected chi connectivity index (χ2v) is 4.56. The van der Waals surface area contributed by atoms with Crippen molar-refractivity contribution in [2.75, 3.05) is 12.3 Å². The van der Waals surface area contributed by atoms with Gasteiger partial charge >= 0.3 is 0 Å². The highest BCUT2D eigenvalue weighted by atomic mass is 32.2. The van der Waals surface area contributed by atoms with Crippen LogP contribution < -0.4 is 10.5 Å². The highest BCUT2D eigenvalue weighted by Crippen LogP contribution is 1.92. The van der Waals surface area contributed by atoms with Crippen LogP contribution in [0.15, 0.2) is 10.9 Å². The number of rotatable bonds is 6. The van der Waals surface area contributed by atoms with Gasteiger partial charge < -0.3 is 10.3 Å². The molecule has 0 spiro atoms. The third-order valence-electron chi connectivity index (χ3n) is 1.47. The van der Waals surface area contributed by atoms with Crippen LogP contribution in [0.4, 0.5) is 0 Å². The molecule has 1 aromatic heterocycles. The Kier molecular flexibility index (Phi) is 3.98. The molecule has 14 heavy (non-hydrogen) atoms. The van der Waals surface area contributed by atoms with E-state index in [1.54, 1.807) is 0 Å². The summed E-state index contributed by atoms with van der Waals surface area (Å²) in [6.07, 6.45) is 1.57. The maximum Gasteiger partial charge on any atom is 0.213 e. The smallest absolute Gasteiger partial charge is 0.213 e. The van der Waals surface area contributed by atoms with E-state index in [0.29, 0.717) is 18.8 Å². The second-order valence-electron chi connectivity index (χ2n) is 2.63. The minimum atomic E-state index is -3.27. The maximum atomic E-state index is 11.2. The van der Waals surface area contributed by atoms with Gasteiger partial charge in [-0.1, -0.05) is 5.16 Å². The molecule has 0 amide bonds. The first-order chi connectivity index (χ1) is 6.64. The van der Waals surface area contributed by atoms with Crippen molar-refractivity contribution in [1.29, 1.82) is 0 Å². The fraction of sp³-hybridized carbons (Fsp3) is 0.667. The van der Waals surface area contributed by atoms with E-state index in [2.05, 4.69) is 19.4 Å². The molecule has 7 nitrogen and oxygen atoms in total. The highest BCUT2D eigenvalue weighted by Gasteiger charge is 2.10.